The first-order valence-electron chi connectivity index (χ1n) is 12.0. The molecule has 2 aromatic heterocycles. The molecule has 0 unspecified atom stereocenters. The molecule has 0 amide bonds. The summed E-state index contributed by atoms with van der Waals surface area (Å²) in [5.74, 6) is -3.06. The summed E-state index contributed by atoms with van der Waals surface area (Å²) in [6, 6.07) is 16.7. The number of phenols is 2. The minimum atomic E-state index is -1.24. The van der Waals surface area contributed by atoms with Crippen molar-refractivity contribution in [1.82, 2.24) is 30.4 Å². The van der Waals surface area contributed by atoms with E-state index in [1.807, 2.05) is 0 Å². The van der Waals surface area contributed by atoms with Crippen LogP contribution < -0.4 is 0 Å². The summed E-state index contributed by atoms with van der Waals surface area (Å²) in [5, 5.41) is 68.5. The Bertz CT molecular complexity index is 1860. The van der Waals surface area contributed by atoms with Gasteiger partial charge in [-0.15, -0.1) is 20.5 Å². The Balaban J connectivity index is 0.000000228. The van der Waals surface area contributed by atoms with Crippen LogP contribution in [0.15, 0.2) is 93.8 Å². The van der Waals surface area contributed by atoms with Gasteiger partial charge in [-0.3, -0.25) is 0 Å². The number of hydrogen-bond acceptors (Lipinski definition) is 13. The average molecular weight is 690 g/mol. The van der Waals surface area contributed by atoms with Gasteiger partial charge in [0.05, 0.1) is 0 Å². The number of aromatic carboxylic acids is 2. The number of benzene rings is 4. The van der Waals surface area contributed by atoms with Gasteiger partial charge in [0.2, 0.25) is 0 Å². The fourth-order valence-corrected chi connectivity index (χ4v) is 3.85. The van der Waals surface area contributed by atoms with Crippen molar-refractivity contribution in [2.75, 3.05) is 0 Å². The molecule has 0 aliphatic carbocycles. The van der Waals surface area contributed by atoms with E-state index in [0.717, 1.165) is 0 Å². The second-order valence-corrected chi connectivity index (χ2v) is 8.31. The van der Waals surface area contributed by atoms with Gasteiger partial charge in [0.25, 0.3) is 11.9 Å². The van der Waals surface area contributed by atoms with Crippen molar-refractivity contribution >= 4 is 56.8 Å². The van der Waals surface area contributed by atoms with Gasteiger partial charge in [0.1, 0.15) is 35.2 Å². The summed E-state index contributed by atoms with van der Waals surface area (Å²) in [5.41, 5.74) is -0.329. The van der Waals surface area contributed by atoms with Crippen LogP contribution in [0.3, 0.4) is 0 Å². The second kappa shape index (κ2) is 15.5. The zero-order chi connectivity index (χ0) is 31.6. The van der Waals surface area contributed by atoms with E-state index in [-0.39, 0.29) is 41.8 Å². The topological polar surface area (TPSA) is 265 Å². The van der Waals surface area contributed by atoms with Crippen molar-refractivity contribution in [2.45, 2.75) is 7.43 Å². The van der Waals surface area contributed by atoms with Crippen molar-refractivity contribution < 1.29 is 57.6 Å². The third-order valence-corrected chi connectivity index (χ3v) is 5.75. The number of aromatic amines is 2. The number of hydrogen-bond donors (Lipinski definition) is 6. The zero-order valence-electron chi connectivity index (χ0n) is 22.0. The normalized spacial score (nSPS) is 10.6. The molecule has 45 heavy (non-hydrogen) atoms. The number of aromatic hydroxyl groups is 2. The Morgan fingerprint density at radius 1 is 0.644 bits per heavy atom. The molecule has 0 aliphatic rings. The predicted molar refractivity (Wildman–Crippen MR) is 154 cm³/mol. The summed E-state index contributed by atoms with van der Waals surface area (Å²) in [6.45, 7) is 0. The fraction of sp³-hybridized carbons (Fsp3) is 0.0370. The first-order valence-corrected chi connectivity index (χ1v) is 13.0. The van der Waals surface area contributed by atoms with Gasteiger partial charge in [0, 0.05) is 10.8 Å². The van der Waals surface area contributed by atoms with Gasteiger partial charge in [-0.2, -0.15) is 20.2 Å². The molecule has 0 aliphatic heterocycles. The van der Waals surface area contributed by atoms with Crippen molar-refractivity contribution in [2.24, 2.45) is 20.5 Å². The third kappa shape index (κ3) is 7.74. The van der Waals surface area contributed by atoms with Crippen LogP contribution in [-0.4, -0.2) is 62.7 Å². The number of carboxylic acids is 2. The number of nitrogens with zero attached hydrogens (tertiary/aromatic N) is 8. The minimum absolute atomic E-state index is 0. The maximum atomic E-state index is 11.2. The van der Waals surface area contributed by atoms with Crippen LogP contribution in [0.4, 0.5) is 23.3 Å². The van der Waals surface area contributed by atoms with Crippen LogP contribution in [0.2, 0.25) is 0 Å². The SMILES string of the molecule is C.O=C(O)c1cc2ccccc2c(N=Nc2ncn[nH]2)c1O.O=C(O)c1cc2ccccc2c(N=Nc2ncn[nH]2)c1O.[O]=[Zr]. The van der Waals surface area contributed by atoms with Crippen LogP contribution >= 0.6 is 0 Å². The molecule has 6 rings (SSSR count). The van der Waals surface area contributed by atoms with Crippen LogP contribution in [0.1, 0.15) is 28.1 Å². The fourth-order valence-electron chi connectivity index (χ4n) is 3.85. The number of carboxylic acid groups (broad SMARTS) is 2. The van der Waals surface area contributed by atoms with E-state index in [1.165, 1.54) is 24.8 Å². The first-order chi connectivity index (χ1) is 21.3. The molecule has 17 nitrogen and oxygen atoms in total. The van der Waals surface area contributed by atoms with E-state index in [1.54, 1.807) is 48.5 Å². The van der Waals surface area contributed by atoms with E-state index in [0.29, 0.717) is 46.3 Å². The Hall–Kier alpha value is -5.90. The third-order valence-electron chi connectivity index (χ3n) is 5.75. The Morgan fingerprint density at radius 2 is 1.02 bits per heavy atom. The van der Waals surface area contributed by atoms with Crippen molar-refractivity contribution in [3.63, 3.8) is 0 Å². The van der Waals surface area contributed by atoms with Crippen molar-refractivity contribution in [3.05, 3.63) is 84.4 Å². The molecule has 0 bridgehead atoms. The molecule has 0 radical (unpaired) electrons. The standard InChI is InChI=1S/2C13H9N5O3.CH4.O.Zr/c2*19-11-9(12(20)21)5-7-3-1-2-4-8(7)10(11)16-18-13-14-6-15-17-13;;;/h2*1-6,19H,(H,20,21)(H,14,15,17);1H4;;. The number of rotatable bonds is 6. The van der Waals surface area contributed by atoms with E-state index in [4.69, 9.17) is 13.0 Å². The van der Waals surface area contributed by atoms with Gasteiger partial charge in [-0.1, -0.05) is 56.0 Å². The molecule has 0 fully saturated rings. The van der Waals surface area contributed by atoms with Gasteiger partial charge >= 0.3 is 39.5 Å². The number of nitrogens with one attached hydrogen (secondary N) is 2. The Kier molecular flexibility index (Phi) is 11.6. The number of azo groups is 2. The summed E-state index contributed by atoms with van der Waals surface area (Å²) < 4.78 is 8.34. The number of H-pyrrole nitrogens is 2. The molecule has 0 saturated carbocycles. The molecule has 4 aromatic carbocycles. The molecular formula is C27H22N10O7Zr. The molecule has 226 valence electrons. The van der Waals surface area contributed by atoms with E-state index < -0.39 is 23.4 Å². The Labute approximate surface area is 267 Å². The Morgan fingerprint density at radius 3 is 1.36 bits per heavy atom. The maximum absolute atomic E-state index is 11.2. The van der Waals surface area contributed by atoms with Crippen LogP contribution in [0, 0.1) is 0 Å². The average Bonchev–Trinajstić information content (AvgIpc) is 3.76. The zero-order valence-corrected chi connectivity index (χ0v) is 24.5. The van der Waals surface area contributed by atoms with Gasteiger partial charge in [-0.25, -0.2) is 19.8 Å². The van der Waals surface area contributed by atoms with Crippen LogP contribution in [0.25, 0.3) is 21.5 Å². The number of fused-ring (bicyclic) bond motifs is 2. The molecule has 2 heterocycles. The molecule has 0 atom stereocenters. The molecule has 0 saturated heterocycles. The molecular weight excluding hydrogens is 668 g/mol. The van der Waals surface area contributed by atoms with Crippen molar-refractivity contribution in [1.29, 1.82) is 0 Å². The predicted octanol–water partition coefficient (Wildman–Crippen LogP) is 6.07. The summed E-state index contributed by atoms with van der Waals surface area (Å²) >= 11 is 0.300. The number of aromatic nitrogens is 6. The summed E-state index contributed by atoms with van der Waals surface area (Å²) in [6.07, 6.45) is 2.53. The van der Waals surface area contributed by atoms with E-state index >= 15 is 0 Å². The molecule has 6 N–H and O–H groups in total. The van der Waals surface area contributed by atoms with Gasteiger partial charge in [0.15, 0.2) is 11.5 Å². The van der Waals surface area contributed by atoms with Gasteiger partial charge in [-0.05, 0) is 22.9 Å². The second-order valence-electron chi connectivity index (χ2n) is 8.31. The van der Waals surface area contributed by atoms with Gasteiger partial charge < -0.3 is 20.4 Å². The molecule has 18 heteroatoms. The van der Waals surface area contributed by atoms with E-state index in [9.17, 15) is 19.8 Å². The quantitative estimate of drug-likeness (QED) is 0.109. The van der Waals surface area contributed by atoms with Crippen LogP contribution in [-0.2, 0) is 27.5 Å². The monoisotopic (exact) mass is 688 g/mol. The van der Waals surface area contributed by atoms with Crippen molar-refractivity contribution in [3.8, 4) is 11.5 Å². The first kappa shape index (κ1) is 33.6. The van der Waals surface area contributed by atoms with E-state index in [2.05, 4.69) is 50.8 Å². The molecule has 0 spiro atoms. The number of carbonyl (C=O) groups is 2. The summed E-state index contributed by atoms with van der Waals surface area (Å²) in [7, 11) is 0. The summed E-state index contributed by atoms with van der Waals surface area (Å²) in [4.78, 5) is 29.9. The molecule has 6 aromatic rings. The van der Waals surface area contributed by atoms with Crippen LogP contribution in [0.5, 0.6) is 11.5 Å².